The molecule has 40 valence electrons. The van der Waals surface area contributed by atoms with Crippen LogP contribution in [-0.4, -0.2) is 4.98 Å². The number of nitrogen functional groups attached to an aromatic ring is 1. The van der Waals surface area contributed by atoms with Crippen molar-refractivity contribution in [1.29, 1.82) is 0 Å². The second-order valence-corrected chi connectivity index (χ2v) is 0.904. The van der Waals surface area contributed by atoms with Crippen LogP contribution in [0.5, 0.6) is 0 Å². The summed E-state index contributed by atoms with van der Waals surface area (Å²) in [5, 5.41) is 0. The maximum absolute atomic E-state index is 5.05. The molecule has 1 rings (SSSR count). The van der Waals surface area contributed by atoms with Gasteiger partial charge in [0.2, 0.25) is 5.88 Å². The summed E-state index contributed by atoms with van der Waals surface area (Å²) >= 11 is 0. The first kappa shape index (κ1) is 6.30. The van der Waals surface area contributed by atoms with Gasteiger partial charge in [-0.05, 0) is 0 Å². The number of hydrogen-bond donors (Lipinski definition) is 1. The highest BCUT2D eigenvalue weighted by molar-refractivity contribution is 5.85. The van der Waals surface area contributed by atoms with Gasteiger partial charge in [0, 0.05) is 0 Å². The van der Waals surface area contributed by atoms with Crippen LogP contribution < -0.4 is 5.73 Å². The number of nitrogens with zero attached hydrogens (tertiary/aromatic N) is 1. The molecule has 0 saturated heterocycles. The first-order valence-corrected chi connectivity index (χ1v) is 1.53. The van der Waals surface area contributed by atoms with Crippen molar-refractivity contribution in [1.82, 2.24) is 4.98 Å². The lowest BCUT2D eigenvalue weighted by Gasteiger charge is -1.68. The molecule has 0 aliphatic heterocycles. The lowest BCUT2D eigenvalue weighted by Crippen LogP contribution is -1.75. The maximum atomic E-state index is 5.05. The summed E-state index contributed by atoms with van der Waals surface area (Å²) < 4.78 is 4.50. The van der Waals surface area contributed by atoms with E-state index in [1.807, 2.05) is 0 Å². The van der Waals surface area contributed by atoms with Crippen LogP contribution in [0.15, 0.2) is 17.0 Å². The summed E-state index contributed by atoms with van der Waals surface area (Å²) in [6.07, 6.45) is 2.73. The molecule has 1 aromatic rings. The quantitative estimate of drug-likeness (QED) is 0.548. The molecular formula is C3H5ClN2O. The Bertz CT molecular complexity index is 116. The highest BCUT2D eigenvalue weighted by Crippen LogP contribution is 1.92. The fourth-order valence-corrected chi connectivity index (χ4v) is 0.226. The van der Waals surface area contributed by atoms with Crippen LogP contribution in [0.1, 0.15) is 0 Å². The lowest BCUT2D eigenvalue weighted by molar-refractivity contribution is 0.577. The Kier molecular flexibility index (Phi) is 2.22. The zero-order valence-electron chi connectivity index (χ0n) is 3.50. The second-order valence-electron chi connectivity index (χ2n) is 0.904. The van der Waals surface area contributed by atoms with Crippen molar-refractivity contribution >= 4 is 18.3 Å². The SMILES string of the molecule is Cl.Nc1cnco1. The van der Waals surface area contributed by atoms with Gasteiger partial charge in [-0.1, -0.05) is 0 Å². The van der Waals surface area contributed by atoms with Crippen LogP contribution in [-0.2, 0) is 0 Å². The summed E-state index contributed by atoms with van der Waals surface area (Å²) in [6, 6.07) is 0. The molecule has 7 heavy (non-hydrogen) atoms. The van der Waals surface area contributed by atoms with Crippen LogP contribution in [0, 0.1) is 0 Å². The Hall–Kier alpha value is -0.700. The third-order valence-corrected chi connectivity index (χ3v) is 0.451. The van der Waals surface area contributed by atoms with Gasteiger partial charge in [-0.25, -0.2) is 4.98 Å². The molecule has 0 unspecified atom stereocenters. The molecule has 1 aromatic heterocycles. The lowest BCUT2D eigenvalue weighted by atomic mass is 10.9. The molecule has 0 bridgehead atoms. The molecular weight excluding hydrogens is 115 g/mol. The van der Waals surface area contributed by atoms with Crippen molar-refractivity contribution in [3.05, 3.63) is 12.6 Å². The van der Waals surface area contributed by atoms with Gasteiger partial charge in [-0.15, -0.1) is 12.4 Å². The molecule has 3 nitrogen and oxygen atoms in total. The zero-order chi connectivity index (χ0) is 4.41. The summed E-state index contributed by atoms with van der Waals surface area (Å²) in [5.74, 6) is 0.356. The Labute approximate surface area is 46.9 Å². The normalized spacial score (nSPS) is 7.43. The number of halogens is 1. The third kappa shape index (κ3) is 1.45. The van der Waals surface area contributed by atoms with Crippen molar-refractivity contribution in [3.8, 4) is 0 Å². The van der Waals surface area contributed by atoms with E-state index in [4.69, 9.17) is 5.73 Å². The van der Waals surface area contributed by atoms with Gasteiger partial charge in [-0.3, -0.25) is 0 Å². The molecule has 0 radical (unpaired) electrons. The largest absolute Gasteiger partial charge is 0.428 e. The van der Waals surface area contributed by atoms with E-state index in [0.717, 1.165) is 0 Å². The molecule has 0 spiro atoms. The number of oxazole rings is 1. The van der Waals surface area contributed by atoms with Crippen molar-refractivity contribution in [2.75, 3.05) is 5.73 Å². The topological polar surface area (TPSA) is 52.0 Å². The predicted octanol–water partition coefficient (Wildman–Crippen LogP) is 0.679. The molecule has 0 saturated carbocycles. The average molecular weight is 121 g/mol. The Morgan fingerprint density at radius 1 is 1.71 bits per heavy atom. The molecule has 0 aromatic carbocycles. The molecule has 1 heterocycles. The van der Waals surface area contributed by atoms with E-state index in [-0.39, 0.29) is 12.4 Å². The van der Waals surface area contributed by atoms with E-state index in [0.29, 0.717) is 5.88 Å². The first-order valence-electron chi connectivity index (χ1n) is 1.53. The van der Waals surface area contributed by atoms with Crippen molar-refractivity contribution in [2.24, 2.45) is 0 Å². The number of anilines is 1. The van der Waals surface area contributed by atoms with E-state index >= 15 is 0 Å². The monoisotopic (exact) mass is 120 g/mol. The molecule has 0 amide bonds. The molecule has 0 aliphatic rings. The van der Waals surface area contributed by atoms with Gasteiger partial charge in [0.25, 0.3) is 0 Å². The summed E-state index contributed by atoms with van der Waals surface area (Å²) in [6.45, 7) is 0. The number of aromatic nitrogens is 1. The van der Waals surface area contributed by atoms with Gasteiger partial charge < -0.3 is 10.2 Å². The van der Waals surface area contributed by atoms with Gasteiger partial charge >= 0.3 is 0 Å². The van der Waals surface area contributed by atoms with Crippen molar-refractivity contribution < 1.29 is 4.42 Å². The molecule has 0 fully saturated rings. The van der Waals surface area contributed by atoms with Crippen LogP contribution in [0.4, 0.5) is 5.88 Å². The number of rotatable bonds is 0. The van der Waals surface area contributed by atoms with E-state index in [9.17, 15) is 0 Å². The Morgan fingerprint density at radius 3 is 2.57 bits per heavy atom. The van der Waals surface area contributed by atoms with Crippen molar-refractivity contribution in [2.45, 2.75) is 0 Å². The molecule has 0 atom stereocenters. The first-order chi connectivity index (χ1) is 2.89. The minimum atomic E-state index is 0. The van der Waals surface area contributed by atoms with Gasteiger partial charge in [0.15, 0.2) is 6.39 Å². The van der Waals surface area contributed by atoms with Gasteiger partial charge in [0.1, 0.15) is 0 Å². The second kappa shape index (κ2) is 2.47. The summed E-state index contributed by atoms with van der Waals surface area (Å²) in [4.78, 5) is 3.53. The molecule has 4 heteroatoms. The third-order valence-electron chi connectivity index (χ3n) is 0.451. The molecule has 2 N–H and O–H groups in total. The number of nitrogens with two attached hydrogens (primary N) is 1. The zero-order valence-corrected chi connectivity index (χ0v) is 4.31. The van der Waals surface area contributed by atoms with Crippen LogP contribution in [0.25, 0.3) is 0 Å². The average Bonchev–Trinajstić information content (AvgIpc) is 1.86. The Balaban J connectivity index is 0.000000360. The number of hydrogen-bond acceptors (Lipinski definition) is 3. The maximum Gasteiger partial charge on any atom is 0.210 e. The van der Waals surface area contributed by atoms with E-state index in [1.165, 1.54) is 12.6 Å². The van der Waals surface area contributed by atoms with E-state index in [2.05, 4.69) is 9.40 Å². The molecule has 0 aliphatic carbocycles. The standard InChI is InChI=1S/C3H4N2O.ClH/c4-3-1-5-2-6-3;/h1-2H,4H2;1H. The summed E-state index contributed by atoms with van der Waals surface area (Å²) in [5.41, 5.74) is 5.05. The highest BCUT2D eigenvalue weighted by Gasteiger charge is 1.77. The minimum Gasteiger partial charge on any atom is -0.428 e. The fourth-order valence-electron chi connectivity index (χ4n) is 0.226. The van der Waals surface area contributed by atoms with Crippen LogP contribution in [0.3, 0.4) is 0 Å². The van der Waals surface area contributed by atoms with Crippen molar-refractivity contribution in [3.63, 3.8) is 0 Å². The van der Waals surface area contributed by atoms with Gasteiger partial charge in [0.05, 0.1) is 6.20 Å². The minimum absolute atomic E-state index is 0. The smallest absolute Gasteiger partial charge is 0.210 e. The van der Waals surface area contributed by atoms with Gasteiger partial charge in [-0.2, -0.15) is 0 Å². The summed E-state index contributed by atoms with van der Waals surface area (Å²) in [7, 11) is 0. The van der Waals surface area contributed by atoms with Crippen LogP contribution in [0.2, 0.25) is 0 Å². The highest BCUT2D eigenvalue weighted by atomic mass is 35.5. The predicted molar refractivity (Wildman–Crippen MR) is 28.2 cm³/mol. The Morgan fingerprint density at radius 2 is 2.43 bits per heavy atom. The fraction of sp³-hybridized carbons (Fsp3) is 0. The van der Waals surface area contributed by atoms with E-state index in [1.54, 1.807) is 0 Å². The van der Waals surface area contributed by atoms with Crippen LogP contribution >= 0.6 is 12.4 Å². The van der Waals surface area contributed by atoms with E-state index < -0.39 is 0 Å².